The van der Waals surface area contributed by atoms with Crippen molar-refractivity contribution in [2.75, 3.05) is 25.2 Å². The molecule has 0 spiro atoms. The minimum atomic E-state index is -0.209. The topological polar surface area (TPSA) is 21.3 Å². The van der Waals surface area contributed by atoms with Crippen molar-refractivity contribution in [2.24, 2.45) is 5.92 Å². The maximum absolute atomic E-state index is 14.5. The molecule has 0 radical (unpaired) electrons. The highest BCUT2D eigenvalue weighted by atomic mass is 32.2. The van der Waals surface area contributed by atoms with Gasteiger partial charge >= 0.3 is 0 Å². The van der Waals surface area contributed by atoms with Gasteiger partial charge in [0, 0.05) is 11.6 Å². The molecule has 1 saturated heterocycles. The molecule has 0 saturated carbocycles. The molecule has 0 aliphatic carbocycles. The van der Waals surface area contributed by atoms with Crippen molar-refractivity contribution in [2.45, 2.75) is 38.6 Å². The van der Waals surface area contributed by atoms with E-state index in [-0.39, 0.29) is 11.9 Å². The maximum atomic E-state index is 14.5. The van der Waals surface area contributed by atoms with Crippen molar-refractivity contribution in [3.05, 3.63) is 29.6 Å². The van der Waals surface area contributed by atoms with E-state index in [1.165, 1.54) is 31.5 Å². The van der Waals surface area contributed by atoms with Gasteiger partial charge < -0.3 is 10.1 Å². The Hall–Kier alpha value is -0.740. The molecule has 1 aliphatic heterocycles. The number of rotatable bonds is 7. The highest BCUT2D eigenvalue weighted by molar-refractivity contribution is 7.99. The van der Waals surface area contributed by atoms with Gasteiger partial charge in [-0.3, -0.25) is 0 Å². The standard InChI is InChI=1S/C17H26FNOS/c1-3-9-19-15(12-13-7-10-21-11-8-13)14-5-4-6-16(20-2)17(14)18/h4-6,13,15,19H,3,7-12H2,1-2H3. The fourth-order valence-electron chi connectivity index (χ4n) is 2.91. The summed E-state index contributed by atoms with van der Waals surface area (Å²) in [6, 6.07) is 5.55. The van der Waals surface area contributed by atoms with Gasteiger partial charge in [0.15, 0.2) is 11.6 Å². The molecule has 1 heterocycles. The lowest BCUT2D eigenvalue weighted by atomic mass is 9.90. The van der Waals surface area contributed by atoms with Crippen molar-refractivity contribution < 1.29 is 9.13 Å². The molecule has 118 valence electrons. The number of thioether (sulfide) groups is 1. The molecule has 1 unspecified atom stereocenters. The lowest BCUT2D eigenvalue weighted by Crippen LogP contribution is -2.26. The van der Waals surface area contributed by atoms with Crippen LogP contribution in [0, 0.1) is 11.7 Å². The van der Waals surface area contributed by atoms with E-state index < -0.39 is 0 Å². The van der Waals surface area contributed by atoms with Crippen molar-refractivity contribution in [1.82, 2.24) is 5.32 Å². The number of benzene rings is 1. The predicted octanol–water partition coefficient (Wildman–Crippen LogP) is 4.41. The van der Waals surface area contributed by atoms with Gasteiger partial charge in [-0.1, -0.05) is 19.1 Å². The Kier molecular flexibility index (Phi) is 6.84. The first kappa shape index (κ1) is 16.6. The lowest BCUT2D eigenvalue weighted by molar-refractivity contribution is 0.350. The number of methoxy groups -OCH3 is 1. The Bertz CT molecular complexity index is 435. The normalized spacial score (nSPS) is 17.7. The van der Waals surface area contributed by atoms with Crippen molar-refractivity contribution in [3.8, 4) is 5.75 Å². The highest BCUT2D eigenvalue weighted by Gasteiger charge is 2.23. The molecule has 1 aliphatic rings. The highest BCUT2D eigenvalue weighted by Crippen LogP contribution is 2.33. The van der Waals surface area contributed by atoms with E-state index in [4.69, 9.17) is 4.74 Å². The van der Waals surface area contributed by atoms with Crippen LogP contribution >= 0.6 is 11.8 Å². The molecular weight excluding hydrogens is 285 g/mol. The zero-order valence-corrected chi connectivity index (χ0v) is 13.8. The summed E-state index contributed by atoms with van der Waals surface area (Å²) in [7, 11) is 1.52. The quantitative estimate of drug-likeness (QED) is 0.806. The van der Waals surface area contributed by atoms with E-state index >= 15 is 0 Å². The fraction of sp³-hybridized carbons (Fsp3) is 0.647. The van der Waals surface area contributed by atoms with E-state index in [1.54, 1.807) is 6.07 Å². The smallest absolute Gasteiger partial charge is 0.169 e. The van der Waals surface area contributed by atoms with E-state index in [0.29, 0.717) is 11.7 Å². The Labute approximate surface area is 131 Å². The average Bonchev–Trinajstić information content (AvgIpc) is 2.53. The van der Waals surface area contributed by atoms with Crippen LogP contribution in [0.25, 0.3) is 0 Å². The molecule has 2 nitrogen and oxygen atoms in total. The Morgan fingerprint density at radius 3 is 2.81 bits per heavy atom. The third-order valence-electron chi connectivity index (χ3n) is 4.14. The third-order valence-corrected chi connectivity index (χ3v) is 5.19. The largest absolute Gasteiger partial charge is 0.494 e. The van der Waals surface area contributed by atoms with Crippen molar-refractivity contribution in [1.29, 1.82) is 0 Å². The van der Waals surface area contributed by atoms with Crippen LogP contribution in [0.2, 0.25) is 0 Å². The zero-order chi connectivity index (χ0) is 15.1. The van der Waals surface area contributed by atoms with Crippen molar-refractivity contribution in [3.63, 3.8) is 0 Å². The fourth-order valence-corrected chi connectivity index (χ4v) is 4.11. The minimum Gasteiger partial charge on any atom is -0.494 e. The van der Waals surface area contributed by atoms with Gasteiger partial charge in [-0.25, -0.2) is 4.39 Å². The molecule has 1 aromatic carbocycles. The van der Waals surface area contributed by atoms with Crippen LogP contribution in [0.1, 0.15) is 44.2 Å². The minimum absolute atomic E-state index is 0.0909. The monoisotopic (exact) mass is 311 g/mol. The summed E-state index contributed by atoms with van der Waals surface area (Å²) in [5.74, 6) is 3.32. The van der Waals surface area contributed by atoms with Crippen LogP contribution in [-0.2, 0) is 0 Å². The number of ether oxygens (including phenoxy) is 1. The Balaban J connectivity index is 2.14. The van der Waals surface area contributed by atoms with Crippen LogP contribution in [0.5, 0.6) is 5.75 Å². The van der Waals surface area contributed by atoms with Gasteiger partial charge in [-0.2, -0.15) is 11.8 Å². The zero-order valence-electron chi connectivity index (χ0n) is 13.0. The first-order valence-corrected chi connectivity index (χ1v) is 9.05. The first-order chi connectivity index (χ1) is 10.3. The Morgan fingerprint density at radius 2 is 2.14 bits per heavy atom. The molecule has 1 aromatic rings. The summed E-state index contributed by atoms with van der Waals surface area (Å²) < 4.78 is 19.7. The third kappa shape index (κ3) is 4.62. The molecule has 21 heavy (non-hydrogen) atoms. The van der Waals surface area contributed by atoms with Gasteiger partial charge in [-0.15, -0.1) is 0 Å². The molecule has 0 amide bonds. The van der Waals surface area contributed by atoms with E-state index in [0.717, 1.165) is 24.9 Å². The predicted molar refractivity (Wildman–Crippen MR) is 88.7 cm³/mol. The second-order valence-electron chi connectivity index (χ2n) is 5.66. The lowest BCUT2D eigenvalue weighted by Gasteiger charge is -2.28. The number of hydrogen-bond donors (Lipinski definition) is 1. The molecule has 0 aromatic heterocycles. The number of hydrogen-bond acceptors (Lipinski definition) is 3. The molecule has 1 N–H and O–H groups in total. The van der Waals surface area contributed by atoms with E-state index in [9.17, 15) is 4.39 Å². The number of nitrogens with one attached hydrogen (secondary N) is 1. The second kappa shape index (κ2) is 8.64. The van der Waals surface area contributed by atoms with Gasteiger partial charge in [0.1, 0.15) is 0 Å². The van der Waals surface area contributed by atoms with Crippen LogP contribution in [0.3, 0.4) is 0 Å². The molecule has 1 fully saturated rings. The summed E-state index contributed by atoms with van der Waals surface area (Å²) in [6.45, 7) is 3.06. The van der Waals surface area contributed by atoms with Gasteiger partial charge in [0.25, 0.3) is 0 Å². The van der Waals surface area contributed by atoms with Crippen LogP contribution in [0.4, 0.5) is 4.39 Å². The molecular formula is C17H26FNOS. The first-order valence-electron chi connectivity index (χ1n) is 7.89. The van der Waals surface area contributed by atoms with Gasteiger partial charge in [0.2, 0.25) is 0 Å². The van der Waals surface area contributed by atoms with Gasteiger partial charge in [0.05, 0.1) is 7.11 Å². The maximum Gasteiger partial charge on any atom is 0.169 e. The average molecular weight is 311 g/mol. The van der Waals surface area contributed by atoms with E-state index in [1.807, 2.05) is 23.9 Å². The second-order valence-corrected chi connectivity index (χ2v) is 6.89. The molecule has 1 atom stereocenters. The van der Waals surface area contributed by atoms with Gasteiger partial charge in [-0.05, 0) is 55.7 Å². The van der Waals surface area contributed by atoms with E-state index in [2.05, 4.69) is 12.2 Å². The molecule has 0 bridgehead atoms. The van der Waals surface area contributed by atoms with Crippen LogP contribution < -0.4 is 10.1 Å². The van der Waals surface area contributed by atoms with Crippen LogP contribution in [0.15, 0.2) is 18.2 Å². The Morgan fingerprint density at radius 1 is 1.38 bits per heavy atom. The van der Waals surface area contributed by atoms with Crippen LogP contribution in [-0.4, -0.2) is 25.2 Å². The summed E-state index contributed by atoms with van der Waals surface area (Å²) in [5, 5.41) is 3.52. The summed E-state index contributed by atoms with van der Waals surface area (Å²) in [5.41, 5.74) is 0.751. The van der Waals surface area contributed by atoms with Crippen molar-refractivity contribution >= 4 is 11.8 Å². The molecule has 2 rings (SSSR count). The summed E-state index contributed by atoms with van der Waals surface area (Å²) >= 11 is 2.03. The summed E-state index contributed by atoms with van der Waals surface area (Å²) in [6.07, 6.45) is 4.58. The number of halogens is 1. The SMILES string of the molecule is CCCNC(CC1CCSCC1)c1cccc(OC)c1F. The molecule has 4 heteroatoms. The summed E-state index contributed by atoms with van der Waals surface area (Å²) in [4.78, 5) is 0.